The largest absolute Gasteiger partial charge is 0.310 e. The molecule has 0 heterocycles. The summed E-state index contributed by atoms with van der Waals surface area (Å²) in [4.78, 5) is 2.40. The smallest absolute Gasteiger partial charge is 0.0468 e. The zero-order chi connectivity index (χ0) is 36.2. The van der Waals surface area contributed by atoms with Crippen molar-refractivity contribution in [3.8, 4) is 44.5 Å². The first kappa shape index (κ1) is 32.0. The van der Waals surface area contributed by atoms with Gasteiger partial charge in [-0.3, -0.25) is 0 Å². The van der Waals surface area contributed by atoms with Crippen LogP contribution in [-0.2, 0) is 5.41 Å². The van der Waals surface area contributed by atoms with Crippen LogP contribution < -0.4 is 4.90 Å². The first-order valence-electron chi connectivity index (χ1n) is 18.8. The number of para-hydroxylation sites is 1. The van der Waals surface area contributed by atoms with Crippen molar-refractivity contribution < 1.29 is 0 Å². The minimum atomic E-state index is -0.165. The van der Waals surface area contributed by atoms with Crippen molar-refractivity contribution in [1.82, 2.24) is 0 Å². The summed E-state index contributed by atoms with van der Waals surface area (Å²) in [5, 5.41) is 4.99. The molecule has 0 saturated carbocycles. The maximum atomic E-state index is 2.42. The zero-order valence-electron chi connectivity index (χ0n) is 30.5. The van der Waals surface area contributed by atoms with Gasteiger partial charge in [0.25, 0.3) is 0 Å². The van der Waals surface area contributed by atoms with Crippen molar-refractivity contribution in [2.45, 2.75) is 19.3 Å². The fourth-order valence-corrected chi connectivity index (χ4v) is 8.47. The van der Waals surface area contributed by atoms with Gasteiger partial charge in [0.1, 0.15) is 0 Å². The third-order valence-corrected chi connectivity index (χ3v) is 11.4. The maximum Gasteiger partial charge on any atom is 0.0468 e. The SMILES string of the molecule is CC1(C)c2cc(-c3ccc(-c4ccc5ccccc5c4)cc3)ccc2-c2ccc(N(c3ccccc3)c3ccc4cc(-c5ccccc5)ccc4c3)cc21. The van der Waals surface area contributed by atoms with E-state index in [1.165, 1.54) is 77.2 Å². The molecule has 0 aliphatic heterocycles. The van der Waals surface area contributed by atoms with Gasteiger partial charge in [-0.15, -0.1) is 0 Å². The molecule has 0 atom stereocenters. The lowest BCUT2D eigenvalue weighted by Crippen LogP contribution is -2.16. The Hall–Kier alpha value is -6.70. The van der Waals surface area contributed by atoms with Gasteiger partial charge >= 0.3 is 0 Å². The molecule has 0 bridgehead atoms. The Labute approximate surface area is 317 Å². The summed E-state index contributed by atoms with van der Waals surface area (Å²) < 4.78 is 0. The van der Waals surface area contributed by atoms with E-state index in [0.717, 1.165) is 17.1 Å². The third-order valence-electron chi connectivity index (χ3n) is 11.4. The molecule has 0 unspecified atom stereocenters. The number of anilines is 3. The average molecular weight is 690 g/mol. The molecule has 0 radical (unpaired) electrons. The molecule has 256 valence electrons. The fraction of sp³-hybridized carbons (Fsp3) is 0.0566. The minimum absolute atomic E-state index is 0.165. The van der Waals surface area contributed by atoms with Gasteiger partial charge in [-0.05, 0) is 132 Å². The highest BCUT2D eigenvalue weighted by molar-refractivity contribution is 5.93. The first-order valence-corrected chi connectivity index (χ1v) is 18.8. The summed E-state index contributed by atoms with van der Waals surface area (Å²) in [5.41, 5.74) is 16.1. The third kappa shape index (κ3) is 5.49. The van der Waals surface area contributed by atoms with Crippen LogP contribution in [0.25, 0.3) is 66.1 Å². The number of benzene rings is 9. The summed E-state index contributed by atoms with van der Waals surface area (Å²) in [6.45, 7) is 4.75. The molecular weight excluding hydrogens is 651 g/mol. The van der Waals surface area contributed by atoms with Crippen LogP contribution in [0, 0.1) is 0 Å². The highest BCUT2D eigenvalue weighted by Gasteiger charge is 2.36. The second-order valence-corrected chi connectivity index (χ2v) is 15.0. The van der Waals surface area contributed by atoms with Crippen molar-refractivity contribution in [1.29, 1.82) is 0 Å². The first-order chi connectivity index (χ1) is 26.5. The molecule has 0 amide bonds. The Morgan fingerprint density at radius 3 is 1.43 bits per heavy atom. The Bertz CT molecular complexity index is 2830. The van der Waals surface area contributed by atoms with Gasteiger partial charge in [0, 0.05) is 22.5 Å². The van der Waals surface area contributed by atoms with E-state index in [1.807, 2.05) is 0 Å². The van der Waals surface area contributed by atoms with Gasteiger partial charge < -0.3 is 4.90 Å². The van der Waals surface area contributed by atoms with E-state index in [9.17, 15) is 0 Å². The molecule has 9 aromatic carbocycles. The van der Waals surface area contributed by atoms with E-state index < -0.39 is 0 Å². The average Bonchev–Trinajstić information content (AvgIpc) is 3.46. The molecule has 10 rings (SSSR count). The fourth-order valence-electron chi connectivity index (χ4n) is 8.47. The Morgan fingerprint density at radius 2 is 0.722 bits per heavy atom. The van der Waals surface area contributed by atoms with Crippen molar-refractivity contribution in [3.63, 3.8) is 0 Å². The van der Waals surface area contributed by atoms with E-state index >= 15 is 0 Å². The number of nitrogens with zero attached hydrogens (tertiary/aromatic N) is 1. The lowest BCUT2D eigenvalue weighted by Gasteiger charge is -2.28. The van der Waals surface area contributed by atoms with Gasteiger partial charge in [-0.25, -0.2) is 0 Å². The molecule has 1 aliphatic carbocycles. The topological polar surface area (TPSA) is 3.24 Å². The zero-order valence-corrected chi connectivity index (χ0v) is 30.5. The van der Waals surface area contributed by atoms with Crippen LogP contribution in [-0.4, -0.2) is 0 Å². The molecule has 0 aromatic heterocycles. The molecule has 0 fully saturated rings. The Balaban J connectivity index is 0.990. The number of fused-ring (bicyclic) bond motifs is 5. The number of rotatable bonds is 6. The van der Waals surface area contributed by atoms with Gasteiger partial charge in [0.15, 0.2) is 0 Å². The summed E-state index contributed by atoms with van der Waals surface area (Å²) >= 11 is 0. The van der Waals surface area contributed by atoms with Gasteiger partial charge in [-0.2, -0.15) is 0 Å². The Morgan fingerprint density at radius 1 is 0.296 bits per heavy atom. The molecule has 0 saturated heterocycles. The van der Waals surface area contributed by atoms with E-state index in [-0.39, 0.29) is 5.41 Å². The van der Waals surface area contributed by atoms with Crippen LogP contribution >= 0.6 is 0 Å². The van der Waals surface area contributed by atoms with Gasteiger partial charge in [0.2, 0.25) is 0 Å². The second kappa shape index (κ2) is 12.8. The normalized spacial score (nSPS) is 12.8. The predicted molar refractivity (Wildman–Crippen MR) is 230 cm³/mol. The molecule has 1 aliphatic rings. The van der Waals surface area contributed by atoms with Crippen LogP contribution in [0.5, 0.6) is 0 Å². The highest BCUT2D eigenvalue weighted by Crippen LogP contribution is 2.51. The van der Waals surface area contributed by atoms with Crippen molar-refractivity contribution in [3.05, 3.63) is 211 Å². The lowest BCUT2D eigenvalue weighted by molar-refractivity contribution is 0.660. The highest BCUT2D eigenvalue weighted by atomic mass is 15.1. The number of hydrogen-bond acceptors (Lipinski definition) is 1. The summed E-state index contributed by atoms with van der Waals surface area (Å²) in [7, 11) is 0. The van der Waals surface area contributed by atoms with Crippen LogP contribution in [0.2, 0.25) is 0 Å². The molecule has 54 heavy (non-hydrogen) atoms. The molecule has 9 aromatic rings. The van der Waals surface area contributed by atoms with Crippen LogP contribution in [0.4, 0.5) is 17.1 Å². The summed E-state index contributed by atoms with van der Waals surface area (Å²) in [5.74, 6) is 0. The van der Waals surface area contributed by atoms with Crippen LogP contribution in [0.1, 0.15) is 25.0 Å². The van der Waals surface area contributed by atoms with E-state index in [2.05, 4.69) is 219 Å². The van der Waals surface area contributed by atoms with Crippen LogP contribution in [0.15, 0.2) is 200 Å². The number of hydrogen-bond donors (Lipinski definition) is 0. The maximum absolute atomic E-state index is 2.42. The van der Waals surface area contributed by atoms with E-state index in [1.54, 1.807) is 0 Å². The predicted octanol–water partition coefficient (Wildman–Crippen LogP) is 14.8. The second-order valence-electron chi connectivity index (χ2n) is 15.0. The Kier molecular flexibility index (Phi) is 7.56. The van der Waals surface area contributed by atoms with Crippen LogP contribution in [0.3, 0.4) is 0 Å². The standard InChI is InChI=1S/C53H39N/c1-53(2)51-34-45(39-19-17-38(18-20-39)42-22-21-37-13-9-10-14-40(37)31-42)26-29-49(51)50-30-28-48(35-52(50)53)54(46-15-7-4-8-16-46)47-27-25-43-32-41(23-24-44(43)33-47)36-11-5-3-6-12-36/h3-35H,1-2H3. The van der Waals surface area contributed by atoms with Crippen molar-refractivity contribution in [2.75, 3.05) is 4.90 Å². The molecule has 1 heteroatoms. The molecule has 0 spiro atoms. The summed E-state index contributed by atoms with van der Waals surface area (Å²) in [6.07, 6.45) is 0. The van der Waals surface area contributed by atoms with E-state index in [4.69, 9.17) is 0 Å². The van der Waals surface area contributed by atoms with Gasteiger partial charge in [-0.1, -0.05) is 159 Å². The molecular formula is C53H39N. The summed E-state index contributed by atoms with van der Waals surface area (Å²) in [6, 6.07) is 73.4. The van der Waals surface area contributed by atoms with Crippen molar-refractivity contribution >= 4 is 38.6 Å². The lowest BCUT2D eigenvalue weighted by atomic mass is 9.81. The molecule has 1 nitrogen and oxygen atoms in total. The quantitative estimate of drug-likeness (QED) is 0.168. The van der Waals surface area contributed by atoms with E-state index in [0.29, 0.717) is 0 Å². The minimum Gasteiger partial charge on any atom is -0.310 e. The monoisotopic (exact) mass is 689 g/mol. The van der Waals surface area contributed by atoms with Gasteiger partial charge in [0.05, 0.1) is 0 Å². The van der Waals surface area contributed by atoms with Crippen molar-refractivity contribution in [2.24, 2.45) is 0 Å². The molecule has 0 N–H and O–H groups in total.